The van der Waals surface area contributed by atoms with Crippen LogP contribution in [0.3, 0.4) is 0 Å². The first-order valence-electron chi connectivity index (χ1n) is 6.62. The molecule has 1 aromatic carbocycles. The van der Waals surface area contributed by atoms with Crippen LogP contribution in [0.5, 0.6) is 11.5 Å². The van der Waals surface area contributed by atoms with Crippen LogP contribution < -0.4 is 14.2 Å². The molecule has 0 aromatic heterocycles. The number of nitrogens with one attached hydrogen (secondary N) is 1. The third-order valence-electron chi connectivity index (χ3n) is 3.41. The summed E-state index contributed by atoms with van der Waals surface area (Å²) in [5.74, 6) is 1.31. The van der Waals surface area contributed by atoms with Gasteiger partial charge in [0, 0.05) is 19.2 Å². The lowest BCUT2D eigenvalue weighted by atomic mass is 10.1. The van der Waals surface area contributed by atoms with Gasteiger partial charge in [-0.2, -0.15) is 0 Å². The third-order valence-corrected chi connectivity index (χ3v) is 4.83. The van der Waals surface area contributed by atoms with Crippen LogP contribution >= 0.6 is 0 Å². The molecule has 1 N–H and O–H groups in total. The third kappa shape index (κ3) is 2.89. The molecule has 20 heavy (non-hydrogen) atoms. The molecular formula is C13H17NO5S. The molecule has 0 amide bonds. The second kappa shape index (κ2) is 5.59. The first kappa shape index (κ1) is 13.7. The van der Waals surface area contributed by atoms with E-state index >= 15 is 0 Å². The molecule has 1 fully saturated rings. The highest BCUT2D eigenvalue weighted by atomic mass is 32.2. The lowest BCUT2D eigenvalue weighted by Gasteiger charge is -2.19. The number of ether oxygens (including phenoxy) is 3. The minimum atomic E-state index is -3.52. The molecule has 7 heteroatoms. The Hall–Kier alpha value is -1.31. The van der Waals surface area contributed by atoms with Crippen LogP contribution in [-0.2, 0) is 14.8 Å². The van der Waals surface area contributed by atoms with E-state index < -0.39 is 10.0 Å². The molecule has 0 aliphatic carbocycles. The van der Waals surface area contributed by atoms with Crippen LogP contribution in [0.4, 0.5) is 0 Å². The van der Waals surface area contributed by atoms with E-state index in [-0.39, 0.29) is 10.8 Å². The van der Waals surface area contributed by atoms with E-state index in [2.05, 4.69) is 4.72 Å². The molecule has 0 spiro atoms. The van der Waals surface area contributed by atoms with Gasteiger partial charge in [0.25, 0.3) is 0 Å². The second-order valence-electron chi connectivity index (χ2n) is 4.89. The number of rotatable bonds is 4. The smallest absolute Gasteiger partial charge is 0.240 e. The molecule has 1 atom stereocenters. The maximum atomic E-state index is 12.2. The molecule has 1 saturated heterocycles. The number of hydrogen-bond donors (Lipinski definition) is 1. The molecular weight excluding hydrogens is 282 g/mol. The summed E-state index contributed by atoms with van der Waals surface area (Å²) < 4.78 is 43.1. The van der Waals surface area contributed by atoms with E-state index in [0.717, 1.165) is 6.42 Å². The lowest BCUT2D eigenvalue weighted by Crippen LogP contribution is -2.29. The van der Waals surface area contributed by atoms with Gasteiger partial charge in [0.2, 0.25) is 10.0 Å². The van der Waals surface area contributed by atoms with Gasteiger partial charge in [0.1, 0.15) is 13.2 Å². The zero-order chi connectivity index (χ0) is 14.0. The van der Waals surface area contributed by atoms with Crippen molar-refractivity contribution in [3.63, 3.8) is 0 Å². The molecule has 0 bridgehead atoms. The number of hydrogen-bond acceptors (Lipinski definition) is 5. The van der Waals surface area contributed by atoms with E-state index in [1.807, 2.05) is 0 Å². The molecule has 0 radical (unpaired) electrons. The van der Waals surface area contributed by atoms with Crippen molar-refractivity contribution in [1.29, 1.82) is 0 Å². The van der Waals surface area contributed by atoms with Crippen molar-refractivity contribution in [2.45, 2.75) is 11.3 Å². The quantitative estimate of drug-likeness (QED) is 0.889. The highest BCUT2D eigenvalue weighted by molar-refractivity contribution is 7.89. The predicted octanol–water partition coefficient (Wildman–Crippen LogP) is 0.773. The van der Waals surface area contributed by atoms with Gasteiger partial charge in [0.05, 0.1) is 11.5 Å². The summed E-state index contributed by atoms with van der Waals surface area (Å²) in [4.78, 5) is 0.195. The molecule has 3 rings (SSSR count). The summed E-state index contributed by atoms with van der Waals surface area (Å²) >= 11 is 0. The van der Waals surface area contributed by atoms with Gasteiger partial charge >= 0.3 is 0 Å². The summed E-state index contributed by atoms with van der Waals surface area (Å²) in [6.07, 6.45) is 0.893. The van der Waals surface area contributed by atoms with Gasteiger partial charge in [-0.3, -0.25) is 0 Å². The van der Waals surface area contributed by atoms with Crippen molar-refractivity contribution in [2.24, 2.45) is 5.92 Å². The molecule has 2 aliphatic rings. The molecule has 1 aromatic rings. The Balaban J connectivity index is 1.73. The number of benzene rings is 1. The Morgan fingerprint density at radius 3 is 2.70 bits per heavy atom. The standard InChI is InChI=1S/C13H17NO5S/c15-20(16,14-8-10-3-4-17-9-10)11-1-2-12-13(7-11)19-6-5-18-12/h1-2,7,10,14H,3-6,8-9H2/t10-/m1/s1. The molecule has 2 heterocycles. The Morgan fingerprint density at radius 1 is 1.15 bits per heavy atom. The predicted molar refractivity (Wildman–Crippen MR) is 71.5 cm³/mol. The van der Waals surface area contributed by atoms with Crippen molar-refractivity contribution in [3.8, 4) is 11.5 Å². The van der Waals surface area contributed by atoms with Gasteiger partial charge in [-0.25, -0.2) is 13.1 Å². The number of fused-ring (bicyclic) bond motifs is 1. The van der Waals surface area contributed by atoms with Crippen LogP contribution in [0.2, 0.25) is 0 Å². The fourth-order valence-corrected chi connectivity index (χ4v) is 3.38. The van der Waals surface area contributed by atoms with Crippen molar-refractivity contribution in [1.82, 2.24) is 4.72 Å². The van der Waals surface area contributed by atoms with Crippen LogP contribution in [0.25, 0.3) is 0 Å². The fourth-order valence-electron chi connectivity index (χ4n) is 2.25. The number of sulfonamides is 1. The van der Waals surface area contributed by atoms with Crippen LogP contribution in [-0.4, -0.2) is 41.4 Å². The SMILES string of the molecule is O=S(=O)(NC[C@H]1CCOC1)c1ccc2c(c1)OCCO2. The lowest BCUT2D eigenvalue weighted by molar-refractivity contribution is 0.171. The highest BCUT2D eigenvalue weighted by Gasteiger charge is 2.22. The van der Waals surface area contributed by atoms with Gasteiger partial charge in [0.15, 0.2) is 11.5 Å². The van der Waals surface area contributed by atoms with E-state index in [4.69, 9.17) is 14.2 Å². The van der Waals surface area contributed by atoms with Crippen molar-refractivity contribution >= 4 is 10.0 Å². The maximum absolute atomic E-state index is 12.2. The van der Waals surface area contributed by atoms with Crippen molar-refractivity contribution < 1.29 is 22.6 Å². The van der Waals surface area contributed by atoms with Gasteiger partial charge in [-0.1, -0.05) is 0 Å². The Morgan fingerprint density at radius 2 is 1.95 bits per heavy atom. The van der Waals surface area contributed by atoms with Crippen LogP contribution in [0, 0.1) is 5.92 Å². The second-order valence-corrected chi connectivity index (χ2v) is 6.65. The Bertz CT molecular complexity index is 580. The van der Waals surface area contributed by atoms with Crippen molar-refractivity contribution in [3.05, 3.63) is 18.2 Å². The summed E-state index contributed by atoms with van der Waals surface area (Å²) in [5.41, 5.74) is 0. The summed E-state index contributed by atoms with van der Waals surface area (Å²) in [7, 11) is -3.52. The Kier molecular flexibility index (Phi) is 3.82. The minimum Gasteiger partial charge on any atom is -0.486 e. The monoisotopic (exact) mass is 299 g/mol. The Labute approximate surface area is 118 Å². The van der Waals surface area contributed by atoms with E-state index in [9.17, 15) is 8.42 Å². The first-order valence-corrected chi connectivity index (χ1v) is 8.10. The average molecular weight is 299 g/mol. The van der Waals surface area contributed by atoms with Crippen molar-refractivity contribution in [2.75, 3.05) is 33.0 Å². The zero-order valence-electron chi connectivity index (χ0n) is 11.0. The minimum absolute atomic E-state index is 0.195. The molecule has 0 unspecified atom stereocenters. The van der Waals surface area contributed by atoms with Gasteiger partial charge < -0.3 is 14.2 Å². The summed E-state index contributed by atoms with van der Waals surface area (Å²) in [5, 5.41) is 0. The molecule has 6 nitrogen and oxygen atoms in total. The first-order chi connectivity index (χ1) is 9.65. The molecule has 110 valence electrons. The van der Waals surface area contributed by atoms with Crippen LogP contribution in [0.15, 0.2) is 23.1 Å². The summed E-state index contributed by atoms with van der Waals surface area (Å²) in [6.45, 7) is 2.64. The maximum Gasteiger partial charge on any atom is 0.240 e. The highest BCUT2D eigenvalue weighted by Crippen LogP contribution is 2.32. The average Bonchev–Trinajstić information content (AvgIpc) is 2.98. The summed E-state index contributed by atoms with van der Waals surface area (Å²) in [6, 6.07) is 4.66. The normalized spacial score (nSPS) is 21.9. The largest absolute Gasteiger partial charge is 0.486 e. The van der Waals surface area contributed by atoms with E-state index in [1.165, 1.54) is 12.1 Å². The zero-order valence-corrected chi connectivity index (χ0v) is 11.8. The molecule has 0 saturated carbocycles. The van der Waals surface area contributed by atoms with Crippen LogP contribution in [0.1, 0.15) is 6.42 Å². The molecule has 2 aliphatic heterocycles. The van der Waals surface area contributed by atoms with Gasteiger partial charge in [-0.15, -0.1) is 0 Å². The van der Waals surface area contributed by atoms with E-state index in [0.29, 0.717) is 44.5 Å². The topological polar surface area (TPSA) is 73.9 Å². The fraction of sp³-hybridized carbons (Fsp3) is 0.538. The van der Waals surface area contributed by atoms with Gasteiger partial charge in [-0.05, 0) is 24.5 Å². The van der Waals surface area contributed by atoms with E-state index in [1.54, 1.807) is 6.07 Å².